The van der Waals surface area contributed by atoms with Crippen LogP contribution >= 0.6 is 0 Å². The van der Waals surface area contributed by atoms with Gasteiger partial charge in [0, 0.05) is 19.7 Å². The lowest BCUT2D eigenvalue weighted by Crippen LogP contribution is -2.19. The standard InChI is InChI=1S/C17H27NO/c1-14(2)9-11-19-12-10-18-13-15-3-5-16(6-4-15)17-7-8-17/h3-6,14,17-18H,7-13H2,1-2H3. The minimum absolute atomic E-state index is 0.734. The average molecular weight is 261 g/mol. The topological polar surface area (TPSA) is 21.3 Å². The van der Waals surface area contributed by atoms with Gasteiger partial charge in [0.25, 0.3) is 0 Å². The molecule has 1 saturated carbocycles. The summed E-state index contributed by atoms with van der Waals surface area (Å²) in [7, 11) is 0. The minimum Gasteiger partial charge on any atom is -0.380 e. The van der Waals surface area contributed by atoms with Crippen molar-refractivity contribution in [1.82, 2.24) is 5.32 Å². The quantitative estimate of drug-likeness (QED) is 0.684. The molecule has 0 spiro atoms. The molecule has 19 heavy (non-hydrogen) atoms. The lowest BCUT2D eigenvalue weighted by Gasteiger charge is -2.08. The van der Waals surface area contributed by atoms with Crippen molar-refractivity contribution in [3.63, 3.8) is 0 Å². The Morgan fingerprint density at radius 2 is 1.89 bits per heavy atom. The van der Waals surface area contributed by atoms with Crippen molar-refractivity contribution < 1.29 is 4.74 Å². The van der Waals surface area contributed by atoms with E-state index in [0.717, 1.165) is 44.6 Å². The molecule has 106 valence electrons. The number of hydrogen-bond donors (Lipinski definition) is 1. The van der Waals surface area contributed by atoms with Gasteiger partial charge in [-0.1, -0.05) is 38.1 Å². The number of nitrogens with one attached hydrogen (secondary N) is 1. The number of ether oxygens (including phenoxy) is 1. The summed E-state index contributed by atoms with van der Waals surface area (Å²) in [5.74, 6) is 1.59. The molecule has 2 nitrogen and oxygen atoms in total. The fraction of sp³-hybridized carbons (Fsp3) is 0.647. The van der Waals surface area contributed by atoms with Crippen LogP contribution in [0.5, 0.6) is 0 Å². The maximum absolute atomic E-state index is 5.58. The molecule has 1 aliphatic rings. The molecular weight excluding hydrogens is 234 g/mol. The Hall–Kier alpha value is -0.860. The first-order valence-corrected chi connectivity index (χ1v) is 7.63. The van der Waals surface area contributed by atoms with Crippen LogP contribution in [-0.2, 0) is 11.3 Å². The Labute approximate surface area is 117 Å². The van der Waals surface area contributed by atoms with E-state index in [1.54, 1.807) is 0 Å². The van der Waals surface area contributed by atoms with Crippen molar-refractivity contribution in [3.05, 3.63) is 35.4 Å². The number of rotatable bonds is 9. The maximum Gasteiger partial charge on any atom is 0.0591 e. The molecule has 1 N–H and O–H groups in total. The van der Waals surface area contributed by atoms with Crippen molar-refractivity contribution in [2.45, 2.75) is 45.6 Å². The fourth-order valence-electron chi connectivity index (χ4n) is 2.12. The van der Waals surface area contributed by atoms with E-state index in [9.17, 15) is 0 Å². The highest BCUT2D eigenvalue weighted by atomic mass is 16.5. The zero-order chi connectivity index (χ0) is 13.5. The highest BCUT2D eigenvalue weighted by Gasteiger charge is 2.22. The summed E-state index contributed by atoms with van der Waals surface area (Å²) < 4.78 is 5.58. The van der Waals surface area contributed by atoms with Crippen LogP contribution in [0.25, 0.3) is 0 Å². The largest absolute Gasteiger partial charge is 0.380 e. The Morgan fingerprint density at radius 3 is 2.53 bits per heavy atom. The van der Waals surface area contributed by atoms with Crippen molar-refractivity contribution in [3.8, 4) is 0 Å². The van der Waals surface area contributed by atoms with Gasteiger partial charge in [0.05, 0.1) is 6.61 Å². The number of benzene rings is 1. The van der Waals surface area contributed by atoms with Crippen LogP contribution in [0.2, 0.25) is 0 Å². The lowest BCUT2D eigenvalue weighted by molar-refractivity contribution is 0.125. The Bertz CT molecular complexity index is 354. The Balaban J connectivity index is 1.53. The van der Waals surface area contributed by atoms with Crippen molar-refractivity contribution in [2.24, 2.45) is 5.92 Å². The van der Waals surface area contributed by atoms with E-state index in [4.69, 9.17) is 4.74 Å². The molecule has 0 aromatic heterocycles. The zero-order valence-corrected chi connectivity index (χ0v) is 12.3. The van der Waals surface area contributed by atoms with E-state index in [-0.39, 0.29) is 0 Å². The van der Waals surface area contributed by atoms with E-state index in [1.165, 1.54) is 24.0 Å². The highest BCUT2D eigenvalue weighted by Crippen LogP contribution is 2.39. The van der Waals surface area contributed by atoms with Gasteiger partial charge in [-0.3, -0.25) is 0 Å². The lowest BCUT2D eigenvalue weighted by atomic mass is 10.1. The Morgan fingerprint density at radius 1 is 1.16 bits per heavy atom. The van der Waals surface area contributed by atoms with Gasteiger partial charge >= 0.3 is 0 Å². The normalized spacial score (nSPS) is 15.1. The van der Waals surface area contributed by atoms with E-state index < -0.39 is 0 Å². The summed E-state index contributed by atoms with van der Waals surface area (Å²) in [6, 6.07) is 9.07. The second-order valence-electron chi connectivity index (χ2n) is 5.99. The average Bonchev–Trinajstić information content (AvgIpc) is 3.22. The van der Waals surface area contributed by atoms with Crippen molar-refractivity contribution in [1.29, 1.82) is 0 Å². The molecule has 0 radical (unpaired) electrons. The third-order valence-corrected chi connectivity index (χ3v) is 3.62. The van der Waals surface area contributed by atoms with E-state index >= 15 is 0 Å². The molecule has 1 aliphatic carbocycles. The third-order valence-electron chi connectivity index (χ3n) is 3.62. The SMILES string of the molecule is CC(C)CCOCCNCc1ccc(C2CC2)cc1. The molecule has 0 saturated heterocycles. The molecule has 2 rings (SSSR count). The van der Waals surface area contributed by atoms with Gasteiger partial charge in [0.1, 0.15) is 0 Å². The van der Waals surface area contributed by atoms with Crippen molar-refractivity contribution in [2.75, 3.05) is 19.8 Å². The van der Waals surface area contributed by atoms with E-state index in [2.05, 4.69) is 43.4 Å². The number of hydrogen-bond acceptors (Lipinski definition) is 2. The summed E-state index contributed by atoms with van der Waals surface area (Å²) >= 11 is 0. The first-order valence-electron chi connectivity index (χ1n) is 7.63. The van der Waals surface area contributed by atoms with Gasteiger partial charge in [0.2, 0.25) is 0 Å². The van der Waals surface area contributed by atoms with Gasteiger partial charge in [-0.25, -0.2) is 0 Å². The summed E-state index contributed by atoms with van der Waals surface area (Å²) in [4.78, 5) is 0. The maximum atomic E-state index is 5.58. The highest BCUT2D eigenvalue weighted by molar-refractivity contribution is 5.27. The Kier molecular flexibility index (Phi) is 5.87. The van der Waals surface area contributed by atoms with Crippen LogP contribution in [0.15, 0.2) is 24.3 Å². The third kappa shape index (κ3) is 5.75. The first kappa shape index (κ1) is 14.5. The molecule has 0 aliphatic heterocycles. The second-order valence-corrected chi connectivity index (χ2v) is 5.99. The van der Waals surface area contributed by atoms with Gasteiger partial charge < -0.3 is 10.1 Å². The molecule has 2 heteroatoms. The van der Waals surface area contributed by atoms with E-state index in [1.807, 2.05) is 0 Å². The van der Waals surface area contributed by atoms with Gasteiger partial charge in [-0.15, -0.1) is 0 Å². The van der Waals surface area contributed by atoms with Gasteiger partial charge in [-0.05, 0) is 42.2 Å². The molecule has 0 unspecified atom stereocenters. The predicted octanol–water partition coefficient (Wildman–Crippen LogP) is 3.72. The molecule has 1 aromatic carbocycles. The molecule has 0 bridgehead atoms. The summed E-state index contributed by atoms with van der Waals surface area (Å²) in [5.41, 5.74) is 2.88. The van der Waals surface area contributed by atoms with Crippen molar-refractivity contribution >= 4 is 0 Å². The summed E-state index contributed by atoms with van der Waals surface area (Å²) in [5, 5.41) is 3.43. The molecular formula is C17H27NO. The second kappa shape index (κ2) is 7.66. The molecule has 1 fully saturated rings. The first-order chi connectivity index (χ1) is 9.25. The van der Waals surface area contributed by atoms with Crippen LogP contribution in [0, 0.1) is 5.92 Å². The van der Waals surface area contributed by atoms with Crippen LogP contribution in [0.3, 0.4) is 0 Å². The minimum atomic E-state index is 0.734. The van der Waals surface area contributed by atoms with E-state index in [0.29, 0.717) is 0 Å². The molecule has 0 atom stereocenters. The van der Waals surface area contributed by atoms with Gasteiger partial charge in [0.15, 0.2) is 0 Å². The molecule has 0 amide bonds. The summed E-state index contributed by atoms with van der Waals surface area (Å²) in [6.07, 6.45) is 3.92. The predicted molar refractivity (Wildman–Crippen MR) is 80.4 cm³/mol. The smallest absolute Gasteiger partial charge is 0.0591 e. The van der Waals surface area contributed by atoms with Gasteiger partial charge in [-0.2, -0.15) is 0 Å². The molecule has 0 heterocycles. The van der Waals surface area contributed by atoms with Crippen LogP contribution in [0.1, 0.15) is 50.2 Å². The monoisotopic (exact) mass is 261 g/mol. The van der Waals surface area contributed by atoms with Crippen LogP contribution in [0.4, 0.5) is 0 Å². The molecule has 1 aromatic rings. The summed E-state index contributed by atoms with van der Waals surface area (Å²) in [6.45, 7) is 8.03. The zero-order valence-electron chi connectivity index (χ0n) is 12.3. The van der Waals surface area contributed by atoms with Crippen LogP contribution in [-0.4, -0.2) is 19.8 Å². The van der Waals surface area contributed by atoms with Crippen LogP contribution < -0.4 is 5.32 Å². The fourth-order valence-corrected chi connectivity index (χ4v) is 2.12.